The Morgan fingerprint density at radius 3 is 2.84 bits per heavy atom. The second-order valence-electron chi connectivity index (χ2n) is 4.25. The molecule has 0 saturated heterocycles. The Morgan fingerprint density at radius 2 is 2.26 bits per heavy atom. The van der Waals surface area contributed by atoms with E-state index in [0.29, 0.717) is 0 Å². The second-order valence-corrected chi connectivity index (χ2v) is 5.53. The molecule has 0 amide bonds. The summed E-state index contributed by atoms with van der Waals surface area (Å²) in [6, 6.07) is 2.05. The van der Waals surface area contributed by atoms with Gasteiger partial charge in [-0.3, -0.25) is 4.98 Å². The predicted octanol–water partition coefficient (Wildman–Crippen LogP) is 3.81. The monoisotopic (exact) mass is 296 g/mol. The summed E-state index contributed by atoms with van der Waals surface area (Å²) in [5, 5.41) is 6.36. The van der Waals surface area contributed by atoms with E-state index in [1.807, 2.05) is 19.2 Å². The van der Waals surface area contributed by atoms with E-state index in [0.717, 1.165) is 33.3 Å². The van der Waals surface area contributed by atoms with E-state index in [-0.39, 0.29) is 6.04 Å². The highest BCUT2D eigenvalue weighted by Gasteiger charge is 2.19. The zero-order valence-corrected chi connectivity index (χ0v) is 12.8. The Labute approximate surface area is 122 Å². The van der Waals surface area contributed by atoms with Gasteiger partial charge in [-0.05, 0) is 36.0 Å². The number of hydrogen-bond donors (Lipinski definition) is 1. The largest absolute Gasteiger partial charge is 0.495 e. The van der Waals surface area contributed by atoms with Crippen LogP contribution in [-0.4, -0.2) is 18.6 Å². The van der Waals surface area contributed by atoms with Gasteiger partial charge >= 0.3 is 0 Å². The van der Waals surface area contributed by atoms with Gasteiger partial charge in [0.2, 0.25) is 0 Å². The molecule has 2 aromatic rings. The van der Waals surface area contributed by atoms with Gasteiger partial charge in [-0.1, -0.05) is 18.5 Å². The zero-order valence-electron chi connectivity index (χ0n) is 11.2. The lowest BCUT2D eigenvalue weighted by Gasteiger charge is -2.18. The molecule has 0 fully saturated rings. The molecule has 1 unspecified atom stereocenters. The molecule has 0 aliphatic rings. The van der Waals surface area contributed by atoms with Crippen molar-refractivity contribution in [3.63, 3.8) is 0 Å². The molecule has 2 aromatic heterocycles. The quantitative estimate of drug-likeness (QED) is 0.911. The fourth-order valence-corrected chi connectivity index (χ4v) is 3.32. The molecule has 0 saturated carbocycles. The number of ether oxygens (including phenoxy) is 1. The Hall–Kier alpha value is -1.10. The van der Waals surface area contributed by atoms with E-state index in [1.54, 1.807) is 24.6 Å². The van der Waals surface area contributed by atoms with Gasteiger partial charge in [0.15, 0.2) is 0 Å². The average Bonchev–Trinajstić information content (AvgIpc) is 2.76. The lowest BCUT2D eigenvalue weighted by molar-refractivity contribution is 0.411. The summed E-state index contributed by atoms with van der Waals surface area (Å²) in [6.45, 7) is 4.96. The standard InChI is InChI=1S/C14H17ClN2OS/c1-4-17-13(14-12(15)9(2)8-19-14)10-5-11(18-3)7-16-6-10/h5-8,13,17H,4H2,1-3H3. The number of methoxy groups -OCH3 is 1. The number of hydrogen-bond acceptors (Lipinski definition) is 4. The zero-order chi connectivity index (χ0) is 13.8. The summed E-state index contributed by atoms with van der Waals surface area (Å²) in [7, 11) is 1.64. The van der Waals surface area contributed by atoms with Crippen LogP contribution in [0.5, 0.6) is 5.75 Å². The fourth-order valence-electron chi connectivity index (χ4n) is 1.92. The van der Waals surface area contributed by atoms with Gasteiger partial charge in [0.25, 0.3) is 0 Å². The first-order valence-corrected chi connectivity index (χ1v) is 7.39. The second kappa shape index (κ2) is 6.37. The number of nitrogens with zero attached hydrogens (tertiary/aromatic N) is 1. The smallest absolute Gasteiger partial charge is 0.137 e. The number of thiophene rings is 1. The molecule has 1 atom stereocenters. The van der Waals surface area contributed by atoms with Gasteiger partial charge in [0.05, 0.1) is 24.4 Å². The topological polar surface area (TPSA) is 34.2 Å². The Balaban J connectivity index is 2.42. The minimum absolute atomic E-state index is 0.0544. The van der Waals surface area contributed by atoms with Crippen LogP contribution in [0.15, 0.2) is 23.8 Å². The van der Waals surface area contributed by atoms with E-state index in [1.165, 1.54) is 0 Å². The van der Waals surface area contributed by atoms with Crippen LogP contribution in [0.2, 0.25) is 5.02 Å². The van der Waals surface area contributed by atoms with Crippen molar-refractivity contribution in [1.82, 2.24) is 10.3 Å². The number of halogens is 1. The maximum Gasteiger partial charge on any atom is 0.137 e. The maximum atomic E-state index is 6.38. The number of aryl methyl sites for hydroxylation is 1. The lowest BCUT2D eigenvalue weighted by atomic mass is 10.1. The minimum atomic E-state index is 0.0544. The third kappa shape index (κ3) is 3.08. The fraction of sp³-hybridized carbons (Fsp3) is 0.357. The van der Waals surface area contributed by atoms with Crippen LogP contribution < -0.4 is 10.1 Å². The third-order valence-electron chi connectivity index (χ3n) is 2.90. The third-order valence-corrected chi connectivity index (χ3v) is 4.68. The molecule has 0 aliphatic carbocycles. The molecule has 0 aliphatic heterocycles. The average molecular weight is 297 g/mol. The van der Waals surface area contributed by atoms with Crippen molar-refractivity contribution in [2.75, 3.05) is 13.7 Å². The Bertz CT molecular complexity index is 556. The highest BCUT2D eigenvalue weighted by molar-refractivity contribution is 7.10. The summed E-state index contributed by atoms with van der Waals surface area (Å²) in [5.74, 6) is 0.754. The molecule has 0 aromatic carbocycles. The van der Waals surface area contributed by atoms with Crippen molar-refractivity contribution >= 4 is 22.9 Å². The maximum absolute atomic E-state index is 6.38. The van der Waals surface area contributed by atoms with Crippen LogP contribution in [0.4, 0.5) is 0 Å². The van der Waals surface area contributed by atoms with E-state index in [9.17, 15) is 0 Å². The van der Waals surface area contributed by atoms with E-state index in [2.05, 4.69) is 22.6 Å². The molecule has 5 heteroatoms. The van der Waals surface area contributed by atoms with Crippen molar-refractivity contribution in [3.05, 3.63) is 44.9 Å². The van der Waals surface area contributed by atoms with E-state index in [4.69, 9.17) is 16.3 Å². The lowest BCUT2D eigenvalue weighted by Crippen LogP contribution is -2.21. The summed E-state index contributed by atoms with van der Waals surface area (Å²) in [4.78, 5) is 5.34. The Morgan fingerprint density at radius 1 is 1.47 bits per heavy atom. The highest BCUT2D eigenvalue weighted by Crippen LogP contribution is 2.36. The molecule has 2 rings (SSSR count). The summed E-state index contributed by atoms with van der Waals surface area (Å²) < 4.78 is 5.23. The van der Waals surface area contributed by atoms with Crippen molar-refractivity contribution in [2.24, 2.45) is 0 Å². The van der Waals surface area contributed by atoms with Crippen LogP contribution >= 0.6 is 22.9 Å². The van der Waals surface area contributed by atoms with E-state index >= 15 is 0 Å². The molecule has 0 bridgehead atoms. The van der Waals surface area contributed by atoms with Gasteiger partial charge < -0.3 is 10.1 Å². The van der Waals surface area contributed by atoms with Gasteiger partial charge in [-0.2, -0.15) is 0 Å². The van der Waals surface area contributed by atoms with Crippen LogP contribution in [-0.2, 0) is 0 Å². The first kappa shape index (κ1) is 14.3. The molecule has 2 heterocycles. The minimum Gasteiger partial charge on any atom is -0.495 e. The molecule has 0 spiro atoms. The number of nitrogens with one attached hydrogen (secondary N) is 1. The van der Waals surface area contributed by atoms with Crippen LogP contribution in [0.3, 0.4) is 0 Å². The molecule has 102 valence electrons. The molecule has 3 nitrogen and oxygen atoms in total. The van der Waals surface area contributed by atoms with E-state index < -0.39 is 0 Å². The van der Waals surface area contributed by atoms with Crippen molar-refractivity contribution < 1.29 is 4.74 Å². The SMILES string of the molecule is CCNC(c1cncc(OC)c1)c1scc(C)c1Cl. The number of rotatable bonds is 5. The molecular formula is C14H17ClN2OS. The van der Waals surface area contributed by atoms with Gasteiger partial charge in [0, 0.05) is 11.1 Å². The normalized spacial score (nSPS) is 12.4. The highest BCUT2D eigenvalue weighted by atomic mass is 35.5. The summed E-state index contributed by atoms with van der Waals surface area (Å²) >= 11 is 8.05. The first-order valence-electron chi connectivity index (χ1n) is 6.13. The summed E-state index contributed by atoms with van der Waals surface area (Å²) in [5.41, 5.74) is 2.17. The van der Waals surface area contributed by atoms with Crippen molar-refractivity contribution in [1.29, 1.82) is 0 Å². The predicted molar refractivity (Wildman–Crippen MR) is 80.4 cm³/mol. The van der Waals surface area contributed by atoms with Crippen molar-refractivity contribution in [3.8, 4) is 5.75 Å². The summed E-state index contributed by atoms with van der Waals surface area (Å²) in [6.07, 6.45) is 3.55. The van der Waals surface area contributed by atoms with Gasteiger partial charge in [-0.15, -0.1) is 11.3 Å². The molecule has 19 heavy (non-hydrogen) atoms. The van der Waals surface area contributed by atoms with Crippen LogP contribution in [0.1, 0.15) is 29.0 Å². The van der Waals surface area contributed by atoms with Gasteiger partial charge in [0.1, 0.15) is 5.75 Å². The molecular weight excluding hydrogens is 280 g/mol. The van der Waals surface area contributed by atoms with Crippen LogP contribution in [0, 0.1) is 6.92 Å². The Kier molecular flexibility index (Phi) is 4.80. The van der Waals surface area contributed by atoms with Crippen LogP contribution in [0.25, 0.3) is 0 Å². The number of pyridine rings is 1. The molecule has 1 N–H and O–H groups in total. The molecule has 0 radical (unpaired) electrons. The van der Waals surface area contributed by atoms with Crippen molar-refractivity contribution in [2.45, 2.75) is 19.9 Å². The number of aromatic nitrogens is 1. The van der Waals surface area contributed by atoms with Gasteiger partial charge in [-0.25, -0.2) is 0 Å². The first-order chi connectivity index (χ1) is 9.17.